The molecule has 2 N–H and O–H groups in total. The molecule has 0 atom stereocenters. The molecule has 0 radical (unpaired) electrons. The monoisotopic (exact) mass is 263 g/mol. The Hall–Kier alpha value is -1.36. The first-order valence-corrected chi connectivity index (χ1v) is 7.19. The number of hydrogen-bond acceptors (Lipinski definition) is 5. The molecule has 2 rings (SSSR count). The molecule has 0 unspecified atom stereocenters. The predicted octanol–water partition coefficient (Wildman–Crippen LogP) is 1.64. The van der Waals surface area contributed by atoms with Crippen LogP contribution in [0, 0.1) is 0 Å². The van der Waals surface area contributed by atoms with Crippen molar-refractivity contribution in [1.29, 1.82) is 0 Å². The third kappa shape index (κ3) is 3.56. The van der Waals surface area contributed by atoms with E-state index in [1.807, 2.05) is 31.3 Å². The van der Waals surface area contributed by atoms with Gasteiger partial charge in [-0.1, -0.05) is 12.8 Å². The van der Waals surface area contributed by atoms with E-state index >= 15 is 0 Å². The van der Waals surface area contributed by atoms with Crippen molar-refractivity contribution in [1.82, 2.24) is 9.97 Å². The molecule has 0 saturated heterocycles. The van der Waals surface area contributed by atoms with E-state index in [-0.39, 0.29) is 0 Å². The van der Waals surface area contributed by atoms with Gasteiger partial charge in [0.2, 0.25) is 5.95 Å². The molecule has 0 aliphatic heterocycles. The van der Waals surface area contributed by atoms with Crippen molar-refractivity contribution >= 4 is 11.8 Å². The lowest BCUT2D eigenvalue weighted by molar-refractivity contribution is 0.586. The minimum atomic E-state index is 0.622. The second-order valence-corrected chi connectivity index (χ2v) is 5.38. The summed E-state index contributed by atoms with van der Waals surface area (Å²) < 4.78 is 0. The van der Waals surface area contributed by atoms with E-state index in [1.54, 1.807) is 0 Å². The molecule has 1 aliphatic carbocycles. The lowest BCUT2D eigenvalue weighted by Crippen LogP contribution is -2.36. The van der Waals surface area contributed by atoms with E-state index in [0.717, 1.165) is 31.3 Å². The van der Waals surface area contributed by atoms with Crippen molar-refractivity contribution in [3.63, 3.8) is 0 Å². The second-order valence-electron chi connectivity index (χ2n) is 5.38. The maximum atomic E-state index is 5.66. The highest BCUT2D eigenvalue weighted by Crippen LogP contribution is 2.27. The summed E-state index contributed by atoms with van der Waals surface area (Å²) in [7, 11) is 3.94. The average Bonchev–Trinajstić information content (AvgIpc) is 2.93. The molecule has 1 saturated carbocycles. The number of nitrogens with two attached hydrogens (primary N) is 1. The Morgan fingerprint density at radius 1 is 1.32 bits per heavy atom. The number of nitrogens with zero attached hydrogens (tertiary/aromatic N) is 4. The van der Waals surface area contributed by atoms with E-state index in [4.69, 9.17) is 5.73 Å². The fourth-order valence-corrected chi connectivity index (χ4v) is 2.68. The van der Waals surface area contributed by atoms with E-state index < -0.39 is 0 Å². The third-order valence-electron chi connectivity index (χ3n) is 3.69. The number of hydrogen-bond donors (Lipinski definition) is 1. The molecular weight excluding hydrogens is 238 g/mol. The summed E-state index contributed by atoms with van der Waals surface area (Å²) in [5, 5.41) is 0. The van der Waals surface area contributed by atoms with E-state index in [2.05, 4.69) is 14.9 Å². The zero-order valence-electron chi connectivity index (χ0n) is 12.0. The molecule has 1 aromatic heterocycles. The number of rotatable bonds is 6. The number of anilines is 2. The summed E-state index contributed by atoms with van der Waals surface area (Å²) in [5.74, 6) is 1.81. The van der Waals surface area contributed by atoms with Gasteiger partial charge in [0.15, 0.2) is 0 Å². The SMILES string of the molecule is CN(C)c1nccc(N(CCCN)C2CCCC2)n1. The molecule has 0 amide bonds. The highest BCUT2D eigenvalue weighted by atomic mass is 15.3. The van der Waals surface area contributed by atoms with E-state index in [1.165, 1.54) is 25.7 Å². The molecule has 0 bridgehead atoms. The predicted molar refractivity (Wildman–Crippen MR) is 79.6 cm³/mol. The van der Waals surface area contributed by atoms with Crippen molar-refractivity contribution in [2.45, 2.75) is 38.1 Å². The van der Waals surface area contributed by atoms with Gasteiger partial charge < -0.3 is 15.5 Å². The van der Waals surface area contributed by atoms with Gasteiger partial charge in [-0.05, 0) is 31.9 Å². The normalized spacial score (nSPS) is 15.7. The van der Waals surface area contributed by atoms with Crippen molar-refractivity contribution in [2.24, 2.45) is 5.73 Å². The number of aromatic nitrogens is 2. The summed E-state index contributed by atoms with van der Waals surface area (Å²) >= 11 is 0. The Balaban J connectivity index is 2.18. The maximum Gasteiger partial charge on any atom is 0.226 e. The first-order valence-electron chi connectivity index (χ1n) is 7.19. The highest BCUT2D eigenvalue weighted by Gasteiger charge is 2.23. The summed E-state index contributed by atoms with van der Waals surface area (Å²) in [5.41, 5.74) is 5.66. The zero-order valence-corrected chi connectivity index (χ0v) is 12.0. The van der Waals surface area contributed by atoms with E-state index in [9.17, 15) is 0 Å². The van der Waals surface area contributed by atoms with Gasteiger partial charge in [0.1, 0.15) is 5.82 Å². The van der Waals surface area contributed by atoms with Crippen molar-refractivity contribution in [3.8, 4) is 0 Å². The molecule has 5 nitrogen and oxygen atoms in total. The Kier molecular flexibility index (Phi) is 4.96. The maximum absolute atomic E-state index is 5.66. The lowest BCUT2D eigenvalue weighted by atomic mass is 10.2. The molecule has 19 heavy (non-hydrogen) atoms. The Morgan fingerprint density at radius 2 is 2.05 bits per heavy atom. The van der Waals surface area contributed by atoms with Crippen LogP contribution in [-0.2, 0) is 0 Å². The van der Waals surface area contributed by atoms with Crippen LogP contribution in [0.15, 0.2) is 12.3 Å². The van der Waals surface area contributed by atoms with Crippen LogP contribution in [0.4, 0.5) is 11.8 Å². The van der Waals surface area contributed by atoms with Gasteiger partial charge in [0.25, 0.3) is 0 Å². The van der Waals surface area contributed by atoms with Crippen LogP contribution in [0.5, 0.6) is 0 Å². The molecule has 1 heterocycles. The fraction of sp³-hybridized carbons (Fsp3) is 0.714. The van der Waals surface area contributed by atoms with Gasteiger partial charge >= 0.3 is 0 Å². The zero-order chi connectivity index (χ0) is 13.7. The molecule has 1 aliphatic rings. The first kappa shape index (κ1) is 14.1. The average molecular weight is 263 g/mol. The molecule has 0 aromatic carbocycles. The third-order valence-corrected chi connectivity index (χ3v) is 3.69. The van der Waals surface area contributed by atoms with Crippen LogP contribution in [0.1, 0.15) is 32.1 Å². The second kappa shape index (κ2) is 6.70. The highest BCUT2D eigenvalue weighted by molar-refractivity contribution is 5.44. The molecule has 1 aromatic rings. The van der Waals surface area contributed by atoms with Crippen molar-refractivity contribution < 1.29 is 0 Å². The summed E-state index contributed by atoms with van der Waals surface area (Å²) in [6, 6.07) is 2.64. The first-order chi connectivity index (χ1) is 9.22. The molecule has 106 valence electrons. The largest absolute Gasteiger partial charge is 0.353 e. The van der Waals surface area contributed by atoms with Crippen molar-refractivity contribution in [2.75, 3.05) is 37.0 Å². The Labute approximate surface area is 115 Å². The van der Waals surface area contributed by atoms with Gasteiger partial charge in [-0.15, -0.1) is 0 Å². The van der Waals surface area contributed by atoms with Gasteiger partial charge in [-0.25, -0.2) is 4.98 Å². The smallest absolute Gasteiger partial charge is 0.226 e. The minimum absolute atomic E-state index is 0.622. The van der Waals surface area contributed by atoms with Crippen LogP contribution in [0.25, 0.3) is 0 Å². The standard InChI is InChI=1S/C14H25N5/c1-18(2)14-16-10-8-13(17-14)19(11-5-9-15)12-6-3-4-7-12/h8,10,12H,3-7,9,11,15H2,1-2H3. The Bertz CT molecular complexity index is 387. The van der Waals surface area contributed by atoms with Crippen molar-refractivity contribution in [3.05, 3.63) is 12.3 Å². The van der Waals surface area contributed by atoms with Gasteiger partial charge in [-0.3, -0.25) is 0 Å². The Morgan fingerprint density at radius 3 is 2.68 bits per heavy atom. The molecule has 5 heteroatoms. The molecule has 1 fully saturated rings. The van der Waals surface area contributed by atoms with Gasteiger partial charge in [-0.2, -0.15) is 4.98 Å². The van der Waals surface area contributed by atoms with Gasteiger partial charge in [0, 0.05) is 32.9 Å². The van der Waals surface area contributed by atoms with Gasteiger partial charge in [0.05, 0.1) is 0 Å². The van der Waals surface area contributed by atoms with Crippen LogP contribution >= 0.6 is 0 Å². The van der Waals surface area contributed by atoms with Crippen LogP contribution in [0.3, 0.4) is 0 Å². The molecule has 0 spiro atoms. The topological polar surface area (TPSA) is 58.3 Å². The van der Waals surface area contributed by atoms with Crippen LogP contribution in [0.2, 0.25) is 0 Å². The van der Waals surface area contributed by atoms with Crippen LogP contribution < -0.4 is 15.5 Å². The lowest BCUT2D eigenvalue weighted by Gasteiger charge is -2.30. The van der Waals surface area contributed by atoms with Crippen LogP contribution in [-0.4, -0.2) is 43.2 Å². The van der Waals surface area contributed by atoms with E-state index in [0.29, 0.717) is 6.04 Å². The summed E-state index contributed by atoms with van der Waals surface area (Å²) in [6.45, 7) is 1.72. The summed E-state index contributed by atoms with van der Waals surface area (Å²) in [4.78, 5) is 13.3. The fourth-order valence-electron chi connectivity index (χ4n) is 2.68. The quantitative estimate of drug-likeness (QED) is 0.845. The molecular formula is C14H25N5. The minimum Gasteiger partial charge on any atom is -0.353 e. The summed E-state index contributed by atoms with van der Waals surface area (Å²) in [6.07, 6.45) is 8.06.